The van der Waals surface area contributed by atoms with Crippen molar-refractivity contribution >= 4 is 39.2 Å². The van der Waals surface area contributed by atoms with Crippen LogP contribution >= 0.6 is 23.1 Å². The summed E-state index contributed by atoms with van der Waals surface area (Å²) in [5, 5.41) is 4.03. The predicted molar refractivity (Wildman–Crippen MR) is 126 cm³/mol. The predicted octanol–water partition coefficient (Wildman–Crippen LogP) is 2.45. The molecule has 1 atom stereocenters. The van der Waals surface area contributed by atoms with Crippen LogP contribution in [0.5, 0.6) is 0 Å². The Bertz CT molecular complexity index is 1010. The maximum absolute atomic E-state index is 13.3. The van der Waals surface area contributed by atoms with Gasteiger partial charge in [-0.2, -0.15) is 0 Å². The summed E-state index contributed by atoms with van der Waals surface area (Å²) in [5.74, 6) is -0.0387. The number of thioether (sulfide) groups is 1. The Hall–Kier alpha value is -1.68. The van der Waals surface area contributed by atoms with E-state index in [0.717, 1.165) is 62.3 Å². The Kier molecular flexibility index (Phi) is 7.47. The smallest absolute Gasteiger partial charge is 0.263 e. The molecule has 0 bridgehead atoms. The van der Waals surface area contributed by atoms with Crippen LogP contribution in [-0.2, 0) is 28.9 Å². The van der Waals surface area contributed by atoms with Gasteiger partial charge >= 0.3 is 0 Å². The molecule has 31 heavy (non-hydrogen) atoms. The van der Waals surface area contributed by atoms with Crippen molar-refractivity contribution in [2.75, 3.05) is 39.4 Å². The fraction of sp³-hybridized carbons (Fsp3) is 0.591. The summed E-state index contributed by atoms with van der Waals surface area (Å²) >= 11 is 2.98. The van der Waals surface area contributed by atoms with Crippen molar-refractivity contribution in [1.29, 1.82) is 0 Å². The minimum atomic E-state index is -0.348. The highest BCUT2D eigenvalue weighted by atomic mass is 32.2. The van der Waals surface area contributed by atoms with E-state index in [1.807, 2.05) is 6.92 Å². The number of rotatable bonds is 8. The Morgan fingerprint density at radius 1 is 1.35 bits per heavy atom. The van der Waals surface area contributed by atoms with Crippen LogP contribution in [0.25, 0.3) is 10.2 Å². The van der Waals surface area contributed by atoms with E-state index in [1.165, 1.54) is 28.6 Å². The second kappa shape index (κ2) is 10.3. The zero-order valence-corrected chi connectivity index (χ0v) is 19.7. The lowest BCUT2D eigenvalue weighted by Crippen LogP contribution is -2.42. The van der Waals surface area contributed by atoms with Crippen molar-refractivity contribution in [3.8, 4) is 0 Å². The van der Waals surface area contributed by atoms with Crippen molar-refractivity contribution in [2.24, 2.45) is 0 Å². The van der Waals surface area contributed by atoms with Crippen LogP contribution in [-0.4, -0.2) is 65.0 Å². The molecule has 1 saturated heterocycles. The Morgan fingerprint density at radius 3 is 2.90 bits per heavy atom. The first kappa shape index (κ1) is 22.5. The number of morpholine rings is 1. The molecule has 9 heteroatoms. The highest BCUT2D eigenvalue weighted by Gasteiger charge is 2.24. The van der Waals surface area contributed by atoms with Gasteiger partial charge in [-0.15, -0.1) is 17.9 Å². The first-order valence-corrected chi connectivity index (χ1v) is 12.7. The average Bonchev–Trinajstić information content (AvgIpc) is 3.15. The molecule has 2 aromatic heterocycles. The SMILES string of the molecule is C=CCn1c(SC(C)C(=O)NCCN2CCOCC2)nc2sc3c(c2c1=O)CCCC3. The first-order valence-electron chi connectivity index (χ1n) is 11.0. The van der Waals surface area contributed by atoms with E-state index in [1.54, 1.807) is 22.0 Å². The third-order valence-corrected chi connectivity index (χ3v) is 8.11. The number of aryl methyl sites for hydroxylation is 2. The molecule has 0 saturated carbocycles. The number of nitrogens with zero attached hydrogens (tertiary/aromatic N) is 3. The number of nitrogens with one attached hydrogen (secondary N) is 1. The van der Waals surface area contributed by atoms with E-state index < -0.39 is 0 Å². The quantitative estimate of drug-likeness (QED) is 0.369. The third-order valence-electron chi connectivity index (χ3n) is 5.83. The van der Waals surface area contributed by atoms with Crippen molar-refractivity contribution in [2.45, 2.75) is 49.6 Å². The monoisotopic (exact) mass is 462 g/mol. The van der Waals surface area contributed by atoms with E-state index in [0.29, 0.717) is 18.2 Å². The summed E-state index contributed by atoms with van der Waals surface area (Å²) in [6.45, 7) is 10.8. The number of thiophene rings is 1. The molecule has 0 radical (unpaired) electrons. The van der Waals surface area contributed by atoms with Crippen molar-refractivity contribution in [3.63, 3.8) is 0 Å². The summed E-state index contributed by atoms with van der Waals surface area (Å²) in [6, 6.07) is 0. The normalized spacial score (nSPS) is 18.0. The lowest BCUT2D eigenvalue weighted by atomic mass is 9.97. The van der Waals surface area contributed by atoms with Gasteiger partial charge in [0, 0.05) is 37.6 Å². The maximum Gasteiger partial charge on any atom is 0.263 e. The van der Waals surface area contributed by atoms with Gasteiger partial charge in [0.15, 0.2) is 5.16 Å². The van der Waals surface area contributed by atoms with Gasteiger partial charge in [-0.3, -0.25) is 19.1 Å². The van der Waals surface area contributed by atoms with Crippen LogP contribution < -0.4 is 10.9 Å². The van der Waals surface area contributed by atoms with Gasteiger partial charge in [-0.05, 0) is 38.2 Å². The summed E-state index contributed by atoms with van der Waals surface area (Å²) < 4.78 is 7.02. The molecule has 3 heterocycles. The number of fused-ring (bicyclic) bond motifs is 3. The van der Waals surface area contributed by atoms with Crippen LogP contribution in [0, 0.1) is 0 Å². The zero-order valence-electron chi connectivity index (χ0n) is 18.0. The largest absolute Gasteiger partial charge is 0.379 e. The molecule has 1 unspecified atom stereocenters. The molecule has 1 fully saturated rings. The Balaban J connectivity index is 1.48. The molecule has 2 aromatic rings. The number of hydrogen-bond acceptors (Lipinski definition) is 7. The molecule has 0 aromatic carbocycles. The molecular weight excluding hydrogens is 432 g/mol. The fourth-order valence-electron chi connectivity index (χ4n) is 4.12. The molecule has 168 valence electrons. The maximum atomic E-state index is 13.3. The molecule has 1 aliphatic heterocycles. The molecular formula is C22H30N4O3S2. The van der Waals surface area contributed by atoms with Gasteiger partial charge < -0.3 is 10.1 Å². The second-order valence-electron chi connectivity index (χ2n) is 7.99. The molecule has 1 N–H and O–H groups in total. The minimum absolute atomic E-state index is 0.00766. The summed E-state index contributed by atoms with van der Waals surface area (Å²) in [6.07, 6.45) is 5.99. The number of allylic oxidation sites excluding steroid dienone is 1. The van der Waals surface area contributed by atoms with Gasteiger partial charge in [0.25, 0.3) is 5.56 Å². The molecule has 1 aliphatic carbocycles. The first-order chi connectivity index (χ1) is 15.1. The van der Waals surface area contributed by atoms with Crippen molar-refractivity contribution in [3.05, 3.63) is 33.4 Å². The number of carbonyl (C=O) groups excluding carboxylic acids is 1. The molecule has 0 spiro atoms. The van der Waals surface area contributed by atoms with Gasteiger partial charge in [0.2, 0.25) is 5.91 Å². The zero-order chi connectivity index (χ0) is 21.8. The van der Waals surface area contributed by atoms with E-state index in [2.05, 4.69) is 16.8 Å². The van der Waals surface area contributed by atoms with Crippen molar-refractivity contribution in [1.82, 2.24) is 19.8 Å². The topological polar surface area (TPSA) is 76.5 Å². The number of carbonyl (C=O) groups is 1. The number of ether oxygens (including phenoxy) is 1. The van der Waals surface area contributed by atoms with Gasteiger partial charge in [0.05, 0.1) is 23.8 Å². The van der Waals surface area contributed by atoms with Crippen molar-refractivity contribution < 1.29 is 9.53 Å². The number of amides is 1. The summed E-state index contributed by atoms with van der Waals surface area (Å²) in [7, 11) is 0. The minimum Gasteiger partial charge on any atom is -0.379 e. The highest BCUT2D eigenvalue weighted by molar-refractivity contribution is 8.00. The Labute approximate surface area is 190 Å². The van der Waals surface area contributed by atoms with Crippen LogP contribution in [0.2, 0.25) is 0 Å². The van der Waals surface area contributed by atoms with E-state index in [-0.39, 0.29) is 16.7 Å². The molecule has 7 nitrogen and oxygen atoms in total. The van der Waals surface area contributed by atoms with Gasteiger partial charge in [-0.25, -0.2) is 4.98 Å². The van der Waals surface area contributed by atoms with Crippen LogP contribution in [0.3, 0.4) is 0 Å². The van der Waals surface area contributed by atoms with Crippen LogP contribution in [0.15, 0.2) is 22.6 Å². The third kappa shape index (κ3) is 5.05. The molecule has 2 aliphatic rings. The van der Waals surface area contributed by atoms with E-state index >= 15 is 0 Å². The lowest BCUT2D eigenvalue weighted by Gasteiger charge is -2.26. The standard InChI is InChI=1S/C22H30N4O3S2/c1-3-9-26-21(28)18-16-6-4-5-7-17(16)31-20(18)24-22(26)30-15(2)19(27)23-8-10-25-11-13-29-14-12-25/h3,15H,1,4-14H2,2H3,(H,23,27). The van der Waals surface area contributed by atoms with E-state index in [9.17, 15) is 9.59 Å². The molecule has 4 rings (SSSR count). The van der Waals surface area contributed by atoms with Crippen LogP contribution in [0.1, 0.15) is 30.2 Å². The second-order valence-corrected chi connectivity index (χ2v) is 10.4. The highest BCUT2D eigenvalue weighted by Crippen LogP contribution is 2.35. The van der Waals surface area contributed by atoms with Gasteiger partial charge in [-0.1, -0.05) is 17.8 Å². The van der Waals surface area contributed by atoms with Crippen LogP contribution in [0.4, 0.5) is 0 Å². The lowest BCUT2D eigenvalue weighted by molar-refractivity contribution is -0.120. The summed E-state index contributed by atoms with van der Waals surface area (Å²) in [4.78, 5) is 35.2. The Morgan fingerprint density at radius 2 is 2.13 bits per heavy atom. The fourth-order valence-corrected chi connectivity index (χ4v) is 6.36. The van der Waals surface area contributed by atoms with E-state index in [4.69, 9.17) is 9.72 Å². The number of hydrogen-bond donors (Lipinski definition) is 1. The summed E-state index contributed by atoms with van der Waals surface area (Å²) in [5.41, 5.74) is 1.18. The number of aromatic nitrogens is 2. The van der Waals surface area contributed by atoms with Gasteiger partial charge in [0.1, 0.15) is 4.83 Å². The average molecular weight is 463 g/mol. The molecule has 1 amide bonds.